The summed E-state index contributed by atoms with van der Waals surface area (Å²) in [5, 5.41) is 8.23. The van der Waals surface area contributed by atoms with Gasteiger partial charge in [0.05, 0.1) is 12.2 Å². The first kappa shape index (κ1) is 19.5. The summed E-state index contributed by atoms with van der Waals surface area (Å²) < 4.78 is 5.57. The van der Waals surface area contributed by atoms with Crippen LogP contribution in [0.3, 0.4) is 0 Å². The smallest absolute Gasteiger partial charge is 0.255 e. The van der Waals surface area contributed by atoms with Crippen molar-refractivity contribution in [2.45, 2.75) is 31.6 Å². The van der Waals surface area contributed by atoms with E-state index in [4.69, 9.17) is 4.42 Å². The Morgan fingerprint density at radius 1 is 1.19 bits per heavy atom. The van der Waals surface area contributed by atoms with Crippen molar-refractivity contribution in [1.29, 1.82) is 0 Å². The van der Waals surface area contributed by atoms with Gasteiger partial charge in [0.2, 0.25) is 0 Å². The number of nitrogens with one attached hydrogen (secondary N) is 2. The molecular formula is C24H21N3O3S. The number of aromatic nitrogens is 1. The third kappa shape index (κ3) is 3.61. The van der Waals surface area contributed by atoms with Gasteiger partial charge in [0, 0.05) is 46.0 Å². The molecular weight excluding hydrogens is 410 g/mol. The fourth-order valence-electron chi connectivity index (χ4n) is 4.43. The zero-order valence-electron chi connectivity index (χ0n) is 16.9. The fraction of sp³-hybridized carbons (Fsp3) is 0.208. The molecule has 0 saturated heterocycles. The normalized spacial score (nSPS) is 21.0. The van der Waals surface area contributed by atoms with Crippen molar-refractivity contribution in [1.82, 2.24) is 10.3 Å². The average Bonchev–Trinajstić information content (AvgIpc) is 3.47. The minimum Gasteiger partial charge on any atom is -0.469 e. The molecule has 1 amide bonds. The van der Waals surface area contributed by atoms with Crippen LogP contribution in [0.2, 0.25) is 0 Å². The molecule has 0 unspecified atom stereocenters. The molecule has 0 saturated carbocycles. The molecule has 6 nitrogen and oxygen atoms in total. The number of hydrogen-bond acceptors (Lipinski definition) is 6. The second kappa shape index (κ2) is 8.00. The minimum atomic E-state index is -0.398. The highest BCUT2D eigenvalue weighted by atomic mass is 32.1. The summed E-state index contributed by atoms with van der Waals surface area (Å²) in [6, 6.07) is 13.1. The Morgan fingerprint density at radius 2 is 2.10 bits per heavy atom. The largest absolute Gasteiger partial charge is 0.469 e. The molecule has 2 atom stereocenters. The first-order valence-corrected chi connectivity index (χ1v) is 11.0. The van der Waals surface area contributed by atoms with Gasteiger partial charge in [-0.25, -0.2) is 4.98 Å². The van der Waals surface area contributed by atoms with Gasteiger partial charge in [-0.2, -0.15) is 0 Å². The number of rotatable bonds is 4. The van der Waals surface area contributed by atoms with Crippen molar-refractivity contribution in [3.05, 3.63) is 93.5 Å². The van der Waals surface area contributed by atoms with Crippen molar-refractivity contribution in [2.24, 2.45) is 0 Å². The van der Waals surface area contributed by atoms with Gasteiger partial charge in [-0.3, -0.25) is 9.59 Å². The molecule has 4 heterocycles. The van der Waals surface area contributed by atoms with Crippen LogP contribution >= 0.6 is 11.3 Å². The Morgan fingerprint density at radius 3 is 2.81 bits per heavy atom. The van der Waals surface area contributed by atoms with Crippen LogP contribution in [0.1, 0.15) is 42.2 Å². The number of Topliss-reactive ketones (excluding diaryl/α,β-unsaturated/α-hetero) is 1. The monoisotopic (exact) mass is 431 g/mol. The van der Waals surface area contributed by atoms with Crippen LogP contribution in [0.5, 0.6) is 0 Å². The van der Waals surface area contributed by atoms with Crippen molar-refractivity contribution < 1.29 is 14.0 Å². The van der Waals surface area contributed by atoms with E-state index in [1.165, 1.54) is 0 Å². The van der Waals surface area contributed by atoms with Crippen LogP contribution in [0.4, 0.5) is 5.82 Å². The zero-order chi connectivity index (χ0) is 21.4. The highest BCUT2D eigenvalue weighted by molar-refractivity contribution is 7.10. The number of pyridine rings is 1. The van der Waals surface area contributed by atoms with Crippen molar-refractivity contribution in [3.8, 4) is 0 Å². The summed E-state index contributed by atoms with van der Waals surface area (Å²) in [7, 11) is 0. The van der Waals surface area contributed by atoms with Gasteiger partial charge >= 0.3 is 0 Å². The second-order valence-electron chi connectivity index (χ2n) is 7.72. The molecule has 3 aromatic rings. The van der Waals surface area contributed by atoms with Gasteiger partial charge in [-0.15, -0.1) is 11.3 Å². The average molecular weight is 432 g/mol. The lowest BCUT2D eigenvalue weighted by molar-refractivity contribution is -0.116. The predicted octanol–water partition coefficient (Wildman–Crippen LogP) is 4.74. The van der Waals surface area contributed by atoms with Crippen LogP contribution in [0.25, 0.3) is 0 Å². The standard InChI is InChI=1S/C24H21N3O3S/c1-14-21(24(29)27-20-8-2-3-9-25-20)23(19-7-5-11-31-19)22-16(26-14)12-15(13-17(22)28)18-6-4-10-30-18/h2-11,15,23,26H,12-13H2,1H3,(H,25,27,29)/t15-,23-/m0/s1. The number of furan rings is 1. The van der Waals surface area contributed by atoms with Crippen LogP contribution in [-0.2, 0) is 9.59 Å². The number of nitrogens with zero attached hydrogens (tertiary/aromatic N) is 1. The van der Waals surface area contributed by atoms with Gasteiger partial charge in [-0.1, -0.05) is 12.1 Å². The van der Waals surface area contributed by atoms with E-state index in [1.807, 2.05) is 42.6 Å². The molecule has 0 spiro atoms. The first-order valence-electron chi connectivity index (χ1n) is 10.1. The predicted molar refractivity (Wildman–Crippen MR) is 118 cm³/mol. The van der Waals surface area contributed by atoms with E-state index in [0.29, 0.717) is 29.8 Å². The summed E-state index contributed by atoms with van der Waals surface area (Å²) in [6.07, 6.45) is 4.30. The lowest BCUT2D eigenvalue weighted by atomic mass is 9.74. The molecule has 1 aliphatic heterocycles. The van der Waals surface area contributed by atoms with E-state index in [2.05, 4.69) is 15.6 Å². The van der Waals surface area contributed by atoms with Crippen molar-refractivity contribution >= 4 is 28.8 Å². The Kier molecular flexibility index (Phi) is 5.03. The first-order chi connectivity index (χ1) is 15.1. The van der Waals surface area contributed by atoms with E-state index in [1.54, 1.807) is 35.9 Å². The van der Waals surface area contributed by atoms with Crippen LogP contribution < -0.4 is 10.6 Å². The Bertz CT molecular complexity index is 1180. The fourth-order valence-corrected chi connectivity index (χ4v) is 5.27. The van der Waals surface area contributed by atoms with Crippen LogP contribution in [0.15, 0.2) is 87.3 Å². The van der Waals surface area contributed by atoms with Gasteiger partial charge in [0.25, 0.3) is 5.91 Å². The number of dihydropyridines is 1. The summed E-state index contributed by atoms with van der Waals surface area (Å²) in [5.74, 6) is 0.679. The lowest BCUT2D eigenvalue weighted by Gasteiger charge is -2.35. The lowest BCUT2D eigenvalue weighted by Crippen LogP contribution is -2.36. The van der Waals surface area contributed by atoms with E-state index >= 15 is 0 Å². The Hall–Kier alpha value is -3.45. The number of carbonyl (C=O) groups is 2. The number of ketones is 1. The van der Waals surface area contributed by atoms with Gasteiger partial charge in [-0.05, 0) is 49.1 Å². The molecule has 2 N–H and O–H groups in total. The molecule has 0 bridgehead atoms. The highest BCUT2D eigenvalue weighted by Crippen LogP contribution is 2.46. The maximum atomic E-state index is 13.4. The Labute approximate surface area is 183 Å². The zero-order valence-corrected chi connectivity index (χ0v) is 17.7. The van der Waals surface area contributed by atoms with Gasteiger partial charge in [0.1, 0.15) is 11.6 Å². The van der Waals surface area contributed by atoms with Crippen LogP contribution in [0, 0.1) is 0 Å². The van der Waals surface area contributed by atoms with E-state index in [9.17, 15) is 9.59 Å². The molecule has 2 aliphatic rings. The molecule has 5 rings (SSSR count). The van der Waals surface area contributed by atoms with Crippen molar-refractivity contribution in [3.63, 3.8) is 0 Å². The summed E-state index contributed by atoms with van der Waals surface area (Å²) in [4.78, 5) is 31.9. The van der Waals surface area contributed by atoms with E-state index in [-0.39, 0.29) is 17.6 Å². The highest BCUT2D eigenvalue weighted by Gasteiger charge is 2.41. The molecule has 0 fully saturated rings. The molecule has 0 aromatic carbocycles. The SMILES string of the molecule is CC1=C(C(=O)Nc2ccccn2)[C@H](c2cccs2)C2=C(C[C@H](c3ccco3)CC2=O)N1. The number of amides is 1. The summed E-state index contributed by atoms with van der Waals surface area (Å²) >= 11 is 1.55. The number of anilines is 1. The molecule has 0 radical (unpaired) electrons. The molecule has 1 aliphatic carbocycles. The Balaban J connectivity index is 1.54. The molecule has 31 heavy (non-hydrogen) atoms. The topological polar surface area (TPSA) is 84.2 Å². The quantitative estimate of drug-likeness (QED) is 0.624. The molecule has 3 aromatic heterocycles. The summed E-state index contributed by atoms with van der Waals surface area (Å²) in [5.41, 5.74) is 2.86. The van der Waals surface area contributed by atoms with Gasteiger partial charge in [0.15, 0.2) is 5.78 Å². The summed E-state index contributed by atoms with van der Waals surface area (Å²) in [6.45, 7) is 1.89. The molecule has 7 heteroatoms. The third-order valence-corrected chi connectivity index (χ3v) is 6.69. The van der Waals surface area contributed by atoms with Crippen LogP contribution in [-0.4, -0.2) is 16.7 Å². The van der Waals surface area contributed by atoms with Crippen molar-refractivity contribution in [2.75, 3.05) is 5.32 Å². The number of allylic oxidation sites excluding steroid dienone is 3. The van der Waals surface area contributed by atoms with E-state index < -0.39 is 5.92 Å². The third-order valence-electron chi connectivity index (χ3n) is 5.75. The van der Waals surface area contributed by atoms with Gasteiger partial charge < -0.3 is 15.1 Å². The minimum absolute atomic E-state index is 0.00516. The molecule has 156 valence electrons. The van der Waals surface area contributed by atoms with E-state index in [0.717, 1.165) is 22.0 Å². The maximum absolute atomic E-state index is 13.4. The number of thiophene rings is 1. The number of hydrogen-bond donors (Lipinski definition) is 2. The maximum Gasteiger partial charge on any atom is 0.255 e. The second-order valence-corrected chi connectivity index (χ2v) is 8.70. The number of carbonyl (C=O) groups excluding carboxylic acids is 2.